The van der Waals surface area contributed by atoms with E-state index in [1.807, 2.05) is 0 Å². The first kappa shape index (κ1) is 10.9. The lowest BCUT2D eigenvalue weighted by Gasteiger charge is -2.30. The van der Waals surface area contributed by atoms with Gasteiger partial charge in [0.1, 0.15) is 0 Å². The zero-order valence-corrected chi connectivity index (χ0v) is 8.42. The molecule has 0 radical (unpaired) electrons. The van der Waals surface area contributed by atoms with Crippen LogP contribution < -0.4 is 0 Å². The van der Waals surface area contributed by atoms with Crippen LogP contribution in [0.3, 0.4) is 0 Å². The summed E-state index contributed by atoms with van der Waals surface area (Å²) in [5.74, 6) is 0. The second-order valence-corrected chi connectivity index (χ2v) is 2.90. The summed E-state index contributed by atoms with van der Waals surface area (Å²) in [6.45, 7) is 10.9. The molecule has 0 saturated carbocycles. The molecular formula is C9H21NO. The third-order valence-electron chi connectivity index (χ3n) is 2.44. The standard InChI is InChI=1S/C9H21NO/c1-6-10(7-2)8(3)9(4)11-5/h8-9H,6-7H2,1-5H3/t8-,9?/m1/s1. The van der Waals surface area contributed by atoms with E-state index in [1.165, 1.54) is 0 Å². The Morgan fingerprint density at radius 1 is 1.18 bits per heavy atom. The molecule has 2 nitrogen and oxygen atoms in total. The lowest BCUT2D eigenvalue weighted by Crippen LogP contribution is -2.40. The van der Waals surface area contributed by atoms with Gasteiger partial charge in [-0.15, -0.1) is 0 Å². The van der Waals surface area contributed by atoms with E-state index in [2.05, 4.69) is 32.6 Å². The molecular weight excluding hydrogens is 138 g/mol. The van der Waals surface area contributed by atoms with Crippen molar-refractivity contribution in [3.63, 3.8) is 0 Å². The van der Waals surface area contributed by atoms with Crippen molar-refractivity contribution in [1.82, 2.24) is 4.90 Å². The molecule has 2 heteroatoms. The minimum absolute atomic E-state index is 0.329. The number of rotatable bonds is 5. The van der Waals surface area contributed by atoms with Crippen LogP contribution in [0.1, 0.15) is 27.7 Å². The first-order valence-corrected chi connectivity index (χ1v) is 4.44. The number of ether oxygens (including phenoxy) is 1. The molecule has 0 aliphatic carbocycles. The summed E-state index contributed by atoms with van der Waals surface area (Å²) in [7, 11) is 1.77. The summed E-state index contributed by atoms with van der Waals surface area (Å²) < 4.78 is 5.25. The number of likely N-dealkylation sites (N-methyl/N-ethyl adjacent to an activating group) is 1. The Labute approximate surface area is 70.5 Å². The molecule has 2 atom stereocenters. The molecule has 0 spiro atoms. The van der Waals surface area contributed by atoms with Crippen LogP contribution >= 0.6 is 0 Å². The molecule has 0 aromatic carbocycles. The van der Waals surface area contributed by atoms with E-state index < -0.39 is 0 Å². The smallest absolute Gasteiger partial charge is 0.0695 e. The van der Waals surface area contributed by atoms with Crippen LogP contribution in [0.15, 0.2) is 0 Å². The van der Waals surface area contributed by atoms with E-state index in [-0.39, 0.29) is 0 Å². The van der Waals surface area contributed by atoms with Gasteiger partial charge in [-0.05, 0) is 26.9 Å². The van der Waals surface area contributed by atoms with Crippen LogP contribution in [-0.4, -0.2) is 37.2 Å². The van der Waals surface area contributed by atoms with E-state index in [4.69, 9.17) is 4.74 Å². The van der Waals surface area contributed by atoms with Gasteiger partial charge in [0.05, 0.1) is 6.10 Å². The summed E-state index contributed by atoms with van der Waals surface area (Å²) in [5, 5.41) is 0. The van der Waals surface area contributed by atoms with Crippen molar-refractivity contribution in [1.29, 1.82) is 0 Å². The molecule has 0 amide bonds. The predicted molar refractivity (Wildman–Crippen MR) is 48.9 cm³/mol. The van der Waals surface area contributed by atoms with Gasteiger partial charge in [-0.3, -0.25) is 4.90 Å². The molecule has 0 aromatic heterocycles. The maximum atomic E-state index is 5.25. The highest BCUT2D eigenvalue weighted by Crippen LogP contribution is 2.05. The van der Waals surface area contributed by atoms with E-state index in [0.717, 1.165) is 13.1 Å². The van der Waals surface area contributed by atoms with Gasteiger partial charge in [0.15, 0.2) is 0 Å². The topological polar surface area (TPSA) is 12.5 Å². The van der Waals surface area contributed by atoms with Crippen LogP contribution in [0.25, 0.3) is 0 Å². The van der Waals surface area contributed by atoms with Crippen molar-refractivity contribution in [2.75, 3.05) is 20.2 Å². The maximum absolute atomic E-state index is 5.25. The minimum atomic E-state index is 0.329. The molecule has 0 N–H and O–H groups in total. The monoisotopic (exact) mass is 159 g/mol. The Morgan fingerprint density at radius 3 is 1.91 bits per heavy atom. The largest absolute Gasteiger partial charge is 0.380 e. The number of methoxy groups -OCH3 is 1. The zero-order valence-electron chi connectivity index (χ0n) is 8.42. The van der Waals surface area contributed by atoms with Gasteiger partial charge < -0.3 is 4.74 Å². The zero-order chi connectivity index (χ0) is 8.85. The molecule has 0 aromatic rings. The first-order chi connectivity index (χ1) is 5.17. The lowest BCUT2D eigenvalue weighted by atomic mass is 10.2. The third-order valence-corrected chi connectivity index (χ3v) is 2.44. The molecule has 0 saturated heterocycles. The second kappa shape index (κ2) is 5.56. The van der Waals surface area contributed by atoms with Crippen LogP contribution in [0.4, 0.5) is 0 Å². The summed E-state index contributed by atoms with van der Waals surface area (Å²) >= 11 is 0. The number of hydrogen-bond acceptors (Lipinski definition) is 2. The van der Waals surface area contributed by atoms with E-state index in [1.54, 1.807) is 7.11 Å². The fourth-order valence-electron chi connectivity index (χ4n) is 1.29. The summed E-state index contributed by atoms with van der Waals surface area (Å²) in [6, 6.07) is 0.523. The van der Waals surface area contributed by atoms with Crippen LogP contribution in [-0.2, 0) is 4.74 Å². The summed E-state index contributed by atoms with van der Waals surface area (Å²) in [4.78, 5) is 2.40. The second-order valence-electron chi connectivity index (χ2n) is 2.90. The normalized spacial score (nSPS) is 16.9. The predicted octanol–water partition coefficient (Wildman–Crippen LogP) is 1.75. The average molecular weight is 159 g/mol. The van der Waals surface area contributed by atoms with Crippen molar-refractivity contribution in [2.24, 2.45) is 0 Å². The average Bonchev–Trinajstić information content (AvgIpc) is 2.05. The summed E-state index contributed by atoms with van der Waals surface area (Å²) in [6.07, 6.45) is 0.329. The number of hydrogen-bond donors (Lipinski definition) is 0. The van der Waals surface area contributed by atoms with E-state index in [0.29, 0.717) is 12.1 Å². The van der Waals surface area contributed by atoms with Gasteiger partial charge in [-0.1, -0.05) is 13.8 Å². The van der Waals surface area contributed by atoms with Crippen molar-refractivity contribution in [2.45, 2.75) is 39.8 Å². The highest BCUT2D eigenvalue weighted by molar-refractivity contribution is 4.70. The van der Waals surface area contributed by atoms with E-state index in [9.17, 15) is 0 Å². The Hall–Kier alpha value is -0.0800. The molecule has 0 aliphatic rings. The molecule has 0 aliphatic heterocycles. The van der Waals surface area contributed by atoms with Gasteiger partial charge in [0.25, 0.3) is 0 Å². The van der Waals surface area contributed by atoms with Crippen LogP contribution in [0.5, 0.6) is 0 Å². The van der Waals surface area contributed by atoms with Crippen molar-refractivity contribution >= 4 is 0 Å². The van der Waals surface area contributed by atoms with Crippen molar-refractivity contribution < 1.29 is 4.74 Å². The Balaban J connectivity index is 3.86. The van der Waals surface area contributed by atoms with E-state index >= 15 is 0 Å². The molecule has 68 valence electrons. The minimum Gasteiger partial charge on any atom is -0.380 e. The quantitative estimate of drug-likeness (QED) is 0.606. The highest BCUT2D eigenvalue weighted by Gasteiger charge is 2.16. The van der Waals surface area contributed by atoms with Crippen LogP contribution in [0, 0.1) is 0 Å². The fourth-order valence-corrected chi connectivity index (χ4v) is 1.29. The van der Waals surface area contributed by atoms with Crippen molar-refractivity contribution in [3.05, 3.63) is 0 Å². The van der Waals surface area contributed by atoms with Crippen LogP contribution in [0.2, 0.25) is 0 Å². The fraction of sp³-hybridized carbons (Fsp3) is 1.00. The maximum Gasteiger partial charge on any atom is 0.0695 e. The Bertz CT molecular complexity index is 91.6. The van der Waals surface area contributed by atoms with Gasteiger partial charge in [-0.25, -0.2) is 0 Å². The molecule has 0 fully saturated rings. The first-order valence-electron chi connectivity index (χ1n) is 4.44. The Morgan fingerprint density at radius 2 is 1.64 bits per heavy atom. The Kier molecular flexibility index (Phi) is 5.51. The highest BCUT2D eigenvalue weighted by atomic mass is 16.5. The molecule has 1 unspecified atom stereocenters. The van der Waals surface area contributed by atoms with Crippen molar-refractivity contribution in [3.8, 4) is 0 Å². The van der Waals surface area contributed by atoms with Gasteiger partial charge in [-0.2, -0.15) is 0 Å². The molecule has 0 rings (SSSR count). The molecule has 0 bridgehead atoms. The summed E-state index contributed by atoms with van der Waals surface area (Å²) in [5.41, 5.74) is 0. The lowest BCUT2D eigenvalue weighted by molar-refractivity contribution is 0.0376. The van der Waals surface area contributed by atoms with Gasteiger partial charge in [0.2, 0.25) is 0 Å². The molecule has 11 heavy (non-hydrogen) atoms. The van der Waals surface area contributed by atoms with Gasteiger partial charge >= 0.3 is 0 Å². The van der Waals surface area contributed by atoms with Gasteiger partial charge in [0, 0.05) is 13.2 Å². The third kappa shape index (κ3) is 3.21. The number of nitrogens with zero attached hydrogens (tertiary/aromatic N) is 1. The molecule has 0 heterocycles. The SMILES string of the molecule is CCN(CC)[C@H](C)C(C)OC.